The van der Waals surface area contributed by atoms with E-state index < -0.39 is 5.91 Å². The van der Waals surface area contributed by atoms with Crippen molar-refractivity contribution >= 4 is 17.7 Å². The summed E-state index contributed by atoms with van der Waals surface area (Å²) in [4.78, 5) is 37.9. The molecule has 1 aliphatic heterocycles. The number of carbonyl (C=O) groups excluding carboxylic acids is 3. The molecule has 2 heterocycles. The molecule has 2 aromatic rings. The standard InChI is InChI=1S/C18H16N2O4/c1-3-8-20-17(22)13-7-6-12(10-14(13)18(20)23)16(21)19-11(2)15-5-4-9-24-15/h3-7,9-11H,1,8H2,2H3,(H,19,21)/t11-/m1/s1. The van der Waals surface area contributed by atoms with Crippen molar-refractivity contribution in [2.75, 3.05) is 6.54 Å². The summed E-state index contributed by atoms with van der Waals surface area (Å²) in [6.07, 6.45) is 3.02. The molecule has 24 heavy (non-hydrogen) atoms. The molecule has 0 fully saturated rings. The first kappa shape index (κ1) is 15.7. The minimum atomic E-state index is -0.413. The number of rotatable bonds is 5. The summed E-state index contributed by atoms with van der Waals surface area (Å²) in [5, 5.41) is 2.79. The van der Waals surface area contributed by atoms with Gasteiger partial charge in [-0.15, -0.1) is 6.58 Å². The van der Waals surface area contributed by atoms with E-state index in [0.717, 1.165) is 4.90 Å². The zero-order valence-corrected chi connectivity index (χ0v) is 13.1. The van der Waals surface area contributed by atoms with E-state index in [9.17, 15) is 14.4 Å². The molecule has 0 spiro atoms. The van der Waals surface area contributed by atoms with E-state index in [4.69, 9.17) is 4.42 Å². The number of carbonyl (C=O) groups is 3. The fraction of sp³-hybridized carbons (Fsp3) is 0.167. The average molecular weight is 324 g/mol. The Morgan fingerprint density at radius 1 is 1.29 bits per heavy atom. The van der Waals surface area contributed by atoms with Gasteiger partial charge in [-0.2, -0.15) is 0 Å². The second-order valence-electron chi connectivity index (χ2n) is 5.48. The number of furan rings is 1. The number of benzene rings is 1. The lowest BCUT2D eigenvalue weighted by atomic mass is 10.0. The number of nitrogens with zero attached hydrogens (tertiary/aromatic N) is 1. The normalized spacial score (nSPS) is 14.5. The Morgan fingerprint density at radius 3 is 2.71 bits per heavy atom. The lowest BCUT2D eigenvalue weighted by Gasteiger charge is -2.11. The summed E-state index contributed by atoms with van der Waals surface area (Å²) >= 11 is 0. The summed E-state index contributed by atoms with van der Waals surface area (Å²) in [7, 11) is 0. The SMILES string of the molecule is C=CCN1C(=O)c2ccc(C(=O)N[C@H](C)c3ccco3)cc2C1=O. The third kappa shape index (κ3) is 2.62. The van der Waals surface area contributed by atoms with Crippen molar-refractivity contribution in [2.45, 2.75) is 13.0 Å². The van der Waals surface area contributed by atoms with Crippen molar-refractivity contribution in [3.8, 4) is 0 Å². The van der Waals surface area contributed by atoms with Crippen LogP contribution in [0.5, 0.6) is 0 Å². The van der Waals surface area contributed by atoms with Gasteiger partial charge in [-0.1, -0.05) is 6.08 Å². The minimum absolute atomic E-state index is 0.142. The van der Waals surface area contributed by atoms with Gasteiger partial charge in [0.05, 0.1) is 23.4 Å². The molecule has 0 aliphatic carbocycles. The maximum atomic E-state index is 12.4. The highest BCUT2D eigenvalue weighted by molar-refractivity contribution is 6.22. The molecule has 1 aromatic carbocycles. The topological polar surface area (TPSA) is 79.6 Å². The van der Waals surface area contributed by atoms with Crippen LogP contribution in [0.4, 0.5) is 0 Å². The smallest absolute Gasteiger partial charge is 0.261 e. The van der Waals surface area contributed by atoms with Gasteiger partial charge in [-0.05, 0) is 37.3 Å². The fourth-order valence-electron chi connectivity index (χ4n) is 2.62. The summed E-state index contributed by atoms with van der Waals surface area (Å²) < 4.78 is 5.25. The van der Waals surface area contributed by atoms with E-state index in [0.29, 0.717) is 16.9 Å². The first-order valence-corrected chi connectivity index (χ1v) is 7.48. The van der Waals surface area contributed by atoms with E-state index in [1.165, 1.54) is 30.5 Å². The van der Waals surface area contributed by atoms with Crippen LogP contribution in [0.25, 0.3) is 0 Å². The van der Waals surface area contributed by atoms with Gasteiger partial charge >= 0.3 is 0 Å². The predicted octanol–water partition coefficient (Wildman–Crippen LogP) is 2.55. The number of fused-ring (bicyclic) bond motifs is 1. The second-order valence-corrected chi connectivity index (χ2v) is 5.48. The summed E-state index contributed by atoms with van der Waals surface area (Å²) in [5.41, 5.74) is 0.853. The second kappa shape index (κ2) is 6.16. The Labute approximate surface area is 138 Å². The molecule has 0 unspecified atom stereocenters. The molecule has 3 rings (SSSR count). The van der Waals surface area contributed by atoms with E-state index >= 15 is 0 Å². The molecular formula is C18H16N2O4. The van der Waals surface area contributed by atoms with Gasteiger partial charge in [-0.25, -0.2) is 0 Å². The number of hydrogen-bond donors (Lipinski definition) is 1. The van der Waals surface area contributed by atoms with Crippen molar-refractivity contribution < 1.29 is 18.8 Å². The van der Waals surface area contributed by atoms with Crippen molar-refractivity contribution in [1.29, 1.82) is 0 Å². The third-order valence-corrected chi connectivity index (χ3v) is 3.86. The molecule has 0 radical (unpaired) electrons. The third-order valence-electron chi connectivity index (χ3n) is 3.86. The highest BCUT2D eigenvalue weighted by Crippen LogP contribution is 2.24. The molecule has 122 valence electrons. The van der Waals surface area contributed by atoms with E-state index in [-0.39, 0.29) is 30.0 Å². The highest BCUT2D eigenvalue weighted by Gasteiger charge is 2.35. The van der Waals surface area contributed by atoms with Crippen molar-refractivity contribution in [1.82, 2.24) is 10.2 Å². The van der Waals surface area contributed by atoms with Crippen LogP contribution < -0.4 is 5.32 Å². The van der Waals surface area contributed by atoms with Crippen LogP contribution in [-0.4, -0.2) is 29.2 Å². The molecule has 1 atom stereocenters. The number of amides is 3. The van der Waals surface area contributed by atoms with Gasteiger partial charge in [0.1, 0.15) is 5.76 Å². The molecule has 0 saturated heterocycles. The Hall–Kier alpha value is -3.15. The summed E-state index contributed by atoms with van der Waals surface area (Å²) in [6, 6.07) is 7.68. The van der Waals surface area contributed by atoms with Gasteiger partial charge in [0.2, 0.25) is 0 Å². The van der Waals surface area contributed by atoms with Gasteiger partial charge in [0, 0.05) is 12.1 Å². The molecule has 6 nitrogen and oxygen atoms in total. The molecule has 3 amide bonds. The van der Waals surface area contributed by atoms with Crippen LogP contribution in [0.15, 0.2) is 53.7 Å². The van der Waals surface area contributed by atoms with Crippen molar-refractivity contribution in [3.63, 3.8) is 0 Å². The number of nitrogens with one attached hydrogen (secondary N) is 1. The number of imide groups is 1. The Balaban J connectivity index is 1.82. The fourth-order valence-corrected chi connectivity index (χ4v) is 2.62. The van der Waals surface area contributed by atoms with Gasteiger partial charge in [-0.3, -0.25) is 19.3 Å². The van der Waals surface area contributed by atoms with Gasteiger partial charge in [0.15, 0.2) is 0 Å². The Bertz CT molecular complexity index is 824. The molecule has 1 aromatic heterocycles. The predicted molar refractivity (Wildman–Crippen MR) is 86.6 cm³/mol. The first-order valence-electron chi connectivity index (χ1n) is 7.48. The van der Waals surface area contributed by atoms with Crippen LogP contribution in [0.2, 0.25) is 0 Å². The molecule has 1 N–H and O–H groups in total. The van der Waals surface area contributed by atoms with Crippen molar-refractivity contribution in [2.24, 2.45) is 0 Å². The quantitative estimate of drug-likeness (QED) is 0.677. The van der Waals surface area contributed by atoms with E-state index in [1.807, 2.05) is 0 Å². The lowest BCUT2D eigenvalue weighted by molar-refractivity contribution is 0.0672. The van der Waals surface area contributed by atoms with Crippen molar-refractivity contribution in [3.05, 3.63) is 71.7 Å². The van der Waals surface area contributed by atoms with Crippen LogP contribution in [-0.2, 0) is 0 Å². The summed E-state index contributed by atoms with van der Waals surface area (Å²) in [5.74, 6) is -0.494. The Morgan fingerprint density at radius 2 is 2.04 bits per heavy atom. The van der Waals surface area contributed by atoms with Gasteiger partial charge < -0.3 is 9.73 Å². The lowest BCUT2D eigenvalue weighted by Crippen LogP contribution is -2.29. The summed E-state index contributed by atoms with van der Waals surface area (Å²) in [6.45, 7) is 5.48. The largest absolute Gasteiger partial charge is 0.467 e. The first-order chi connectivity index (χ1) is 11.5. The van der Waals surface area contributed by atoms with E-state index in [2.05, 4.69) is 11.9 Å². The van der Waals surface area contributed by atoms with Crippen LogP contribution in [0.3, 0.4) is 0 Å². The van der Waals surface area contributed by atoms with Crippen LogP contribution in [0.1, 0.15) is 49.8 Å². The maximum absolute atomic E-state index is 12.4. The average Bonchev–Trinajstić information content (AvgIpc) is 3.19. The highest BCUT2D eigenvalue weighted by atomic mass is 16.3. The molecule has 0 bridgehead atoms. The Kier molecular flexibility index (Phi) is 4.04. The maximum Gasteiger partial charge on any atom is 0.261 e. The van der Waals surface area contributed by atoms with Crippen LogP contribution in [0, 0.1) is 0 Å². The molecule has 0 saturated carbocycles. The minimum Gasteiger partial charge on any atom is -0.467 e. The van der Waals surface area contributed by atoms with Gasteiger partial charge in [0.25, 0.3) is 17.7 Å². The molecule has 6 heteroatoms. The zero-order valence-electron chi connectivity index (χ0n) is 13.1. The monoisotopic (exact) mass is 324 g/mol. The number of hydrogen-bond acceptors (Lipinski definition) is 4. The zero-order chi connectivity index (χ0) is 17.3. The molecule has 1 aliphatic rings. The molecular weight excluding hydrogens is 308 g/mol. The van der Waals surface area contributed by atoms with Crippen LogP contribution >= 0.6 is 0 Å². The van der Waals surface area contributed by atoms with E-state index in [1.54, 1.807) is 19.1 Å².